The first-order valence-electron chi connectivity index (χ1n) is 8.50. The third kappa shape index (κ3) is 3.17. The number of thiophene rings is 1. The number of hydrogen-bond acceptors (Lipinski definition) is 4. The van der Waals surface area contributed by atoms with E-state index >= 15 is 0 Å². The van der Waals surface area contributed by atoms with E-state index in [0.717, 1.165) is 27.3 Å². The summed E-state index contributed by atoms with van der Waals surface area (Å²) in [5.41, 5.74) is 3.85. The van der Waals surface area contributed by atoms with Gasteiger partial charge in [-0.05, 0) is 23.8 Å². The Morgan fingerprint density at radius 1 is 1.11 bits per heavy atom. The highest BCUT2D eigenvalue weighted by molar-refractivity contribution is 7.11. The third-order valence-corrected chi connectivity index (χ3v) is 6.10. The van der Waals surface area contributed by atoms with Crippen LogP contribution in [0.5, 0.6) is 11.5 Å². The molecule has 1 amide bonds. The van der Waals surface area contributed by atoms with Crippen molar-refractivity contribution < 1.29 is 14.3 Å². The van der Waals surface area contributed by atoms with Crippen molar-refractivity contribution in [3.8, 4) is 22.6 Å². The molecule has 0 aliphatic carbocycles. The van der Waals surface area contributed by atoms with E-state index in [9.17, 15) is 4.79 Å². The molecule has 6 heteroatoms. The second kappa shape index (κ2) is 7.25. The number of anilines is 1. The monoisotopic (exact) mass is 399 g/mol. The molecule has 1 aromatic heterocycles. The SMILES string of the molecule is COc1cccc([C@@H]2CC(=O)Nc3c(-c4ccc(Cl)cc4)csc32)c1OC. The molecule has 0 unspecified atom stereocenters. The first-order valence-corrected chi connectivity index (χ1v) is 9.76. The molecule has 4 rings (SSSR count). The number of ether oxygens (including phenoxy) is 2. The van der Waals surface area contributed by atoms with Crippen LogP contribution in [0.2, 0.25) is 5.02 Å². The quantitative estimate of drug-likeness (QED) is 0.624. The summed E-state index contributed by atoms with van der Waals surface area (Å²) in [5.74, 6) is 1.25. The Balaban J connectivity index is 1.84. The molecule has 1 atom stereocenters. The number of carbonyl (C=O) groups is 1. The van der Waals surface area contributed by atoms with Gasteiger partial charge in [-0.15, -0.1) is 11.3 Å². The molecule has 0 spiro atoms. The van der Waals surface area contributed by atoms with Gasteiger partial charge in [0.1, 0.15) is 0 Å². The van der Waals surface area contributed by atoms with E-state index in [4.69, 9.17) is 21.1 Å². The number of amides is 1. The standard InChI is InChI=1S/C21H18ClNO3S/c1-25-17-5-3-4-14(20(17)26-2)15-10-18(24)23-19-16(11-27-21(15)19)12-6-8-13(22)9-7-12/h3-9,11,15H,10H2,1-2H3,(H,23,24)/t15-/m0/s1. The van der Waals surface area contributed by atoms with Gasteiger partial charge in [0.05, 0.1) is 19.9 Å². The van der Waals surface area contributed by atoms with Crippen molar-refractivity contribution in [2.75, 3.05) is 19.5 Å². The number of halogens is 1. The Hall–Kier alpha value is -2.50. The third-order valence-electron chi connectivity index (χ3n) is 4.75. The number of hydrogen-bond donors (Lipinski definition) is 1. The van der Waals surface area contributed by atoms with Crippen LogP contribution in [-0.4, -0.2) is 20.1 Å². The van der Waals surface area contributed by atoms with Crippen LogP contribution in [0.3, 0.4) is 0 Å². The molecule has 0 fully saturated rings. The summed E-state index contributed by atoms with van der Waals surface area (Å²) >= 11 is 7.66. The number of para-hydroxylation sites is 1. The Bertz CT molecular complexity index is 997. The smallest absolute Gasteiger partial charge is 0.225 e. The van der Waals surface area contributed by atoms with Gasteiger partial charge in [0, 0.05) is 38.7 Å². The summed E-state index contributed by atoms with van der Waals surface area (Å²) in [6.45, 7) is 0. The van der Waals surface area contributed by atoms with Crippen molar-refractivity contribution in [3.63, 3.8) is 0 Å². The van der Waals surface area contributed by atoms with Gasteiger partial charge in [0.2, 0.25) is 5.91 Å². The molecule has 2 aromatic carbocycles. The van der Waals surface area contributed by atoms with E-state index in [-0.39, 0.29) is 11.8 Å². The Kier molecular flexibility index (Phi) is 4.81. The summed E-state index contributed by atoms with van der Waals surface area (Å²) in [7, 11) is 3.24. The van der Waals surface area contributed by atoms with Crippen molar-refractivity contribution in [1.29, 1.82) is 0 Å². The van der Waals surface area contributed by atoms with E-state index in [2.05, 4.69) is 10.7 Å². The minimum Gasteiger partial charge on any atom is -0.493 e. The van der Waals surface area contributed by atoms with Crippen LogP contribution in [0.4, 0.5) is 5.69 Å². The van der Waals surface area contributed by atoms with Gasteiger partial charge in [0.25, 0.3) is 0 Å². The minimum absolute atomic E-state index is 0.00835. The van der Waals surface area contributed by atoms with Crippen LogP contribution in [0.15, 0.2) is 47.8 Å². The van der Waals surface area contributed by atoms with Crippen LogP contribution in [-0.2, 0) is 4.79 Å². The van der Waals surface area contributed by atoms with Crippen LogP contribution < -0.4 is 14.8 Å². The predicted molar refractivity (Wildman–Crippen MR) is 109 cm³/mol. The van der Waals surface area contributed by atoms with Gasteiger partial charge in [-0.3, -0.25) is 4.79 Å². The molecule has 0 radical (unpaired) electrons. The zero-order chi connectivity index (χ0) is 19.0. The largest absolute Gasteiger partial charge is 0.493 e. The first-order chi connectivity index (χ1) is 13.1. The molecule has 0 bridgehead atoms. The minimum atomic E-state index is -0.0788. The molecular formula is C21H18ClNO3S. The Morgan fingerprint density at radius 3 is 2.59 bits per heavy atom. The fourth-order valence-electron chi connectivity index (χ4n) is 3.51. The predicted octanol–water partition coefficient (Wildman–Crippen LogP) is 5.56. The van der Waals surface area contributed by atoms with E-state index in [1.54, 1.807) is 25.6 Å². The van der Waals surface area contributed by atoms with Crippen molar-refractivity contribution in [1.82, 2.24) is 0 Å². The summed E-state index contributed by atoms with van der Waals surface area (Å²) in [6, 6.07) is 13.4. The average Bonchev–Trinajstić information content (AvgIpc) is 3.11. The van der Waals surface area contributed by atoms with E-state index in [1.165, 1.54) is 0 Å². The van der Waals surface area contributed by atoms with Crippen molar-refractivity contribution >= 4 is 34.5 Å². The number of rotatable bonds is 4. The molecule has 1 N–H and O–H groups in total. The zero-order valence-corrected chi connectivity index (χ0v) is 16.5. The molecule has 0 saturated carbocycles. The summed E-state index contributed by atoms with van der Waals surface area (Å²) in [5, 5.41) is 5.82. The lowest BCUT2D eigenvalue weighted by molar-refractivity contribution is -0.116. The highest BCUT2D eigenvalue weighted by Crippen LogP contribution is 2.49. The van der Waals surface area contributed by atoms with E-state index < -0.39 is 0 Å². The van der Waals surface area contributed by atoms with Crippen LogP contribution in [0.1, 0.15) is 22.8 Å². The lowest BCUT2D eigenvalue weighted by Crippen LogP contribution is -2.22. The Labute approximate surface area is 166 Å². The molecule has 27 heavy (non-hydrogen) atoms. The maximum atomic E-state index is 12.5. The summed E-state index contributed by atoms with van der Waals surface area (Å²) in [6.07, 6.45) is 0.372. The Morgan fingerprint density at radius 2 is 1.89 bits per heavy atom. The molecule has 138 valence electrons. The summed E-state index contributed by atoms with van der Waals surface area (Å²) in [4.78, 5) is 13.6. The van der Waals surface area contributed by atoms with Crippen LogP contribution >= 0.6 is 22.9 Å². The number of carbonyl (C=O) groups excluding carboxylic acids is 1. The van der Waals surface area contributed by atoms with E-state index in [0.29, 0.717) is 22.9 Å². The number of fused-ring (bicyclic) bond motifs is 1. The number of benzene rings is 2. The average molecular weight is 400 g/mol. The van der Waals surface area contributed by atoms with Gasteiger partial charge < -0.3 is 14.8 Å². The maximum Gasteiger partial charge on any atom is 0.225 e. The van der Waals surface area contributed by atoms with Crippen molar-refractivity contribution in [2.24, 2.45) is 0 Å². The maximum absolute atomic E-state index is 12.5. The number of nitrogens with one attached hydrogen (secondary N) is 1. The lowest BCUT2D eigenvalue weighted by atomic mass is 9.88. The molecular weight excluding hydrogens is 382 g/mol. The van der Waals surface area contributed by atoms with Gasteiger partial charge in [0.15, 0.2) is 11.5 Å². The van der Waals surface area contributed by atoms with Crippen molar-refractivity contribution in [3.05, 3.63) is 63.3 Å². The summed E-state index contributed by atoms with van der Waals surface area (Å²) < 4.78 is 11.0. The fourth-order valence-corrected chi connectivity index (χ4v) is 4.78. The van der Waals surface area contributed by atoms with Gasteiger partial charge in [-0.2, -0.15) is 0 Å². The molecule has 1 aliphatic rings. The van der Waals surface area contributed by atoms with E-state index in [1.807, 2.05) is 42.5 Å². The number of methoxy groups -OCH3 is 2. The topological polar surface area (TPSA) is 47.6 Å². The lowest BCUT2D eigenvalue weighted by Gasteiger charge is -2.25. The highest BCUT2D eigenvalue weighted by atomic mass is 35.5. The first kappa shape index (κ1) is 17.9. The molecule has 0 saturated heterocycles. The van der Waals surface area contributed by atoms with Gasteiger partial charge >= 0.3 is 0 Å². The highest BCUT2D eigenvalue weighted by Gasteiger charge is 2.32. The van der Waals surface area contributed by atoms with Crippen LogP contribution in [0, 0.1) is 0 Å². The van der Waals surface area contributed by atoms with Gasteiger partial charge in [-0.1, -0.05) is 35.9 Å². The molecule has 4 nitrogen and oxygen atoms in total. The fraction of sp³-hybridized carbons (Fsp3) is 0.190. The molecule has 1 aliphatic heterocycles. The normalized spacial score (nSPS) is 15.8. The second-order valence-corrected chi connectivity index (χ2v) is 7.63. The molecule has 3 aromatic rings. The molecule has 2 heterocycles. The van der Waals surface area contributed by atoms with Crippen molar-refractivity contribution in [2.45, 2.75) is 12.3 Å². The van der Waals surface area contributed by atoms with Crippen LogP contribution in [0.25, 0.3) is 11.1 Å². The second-order valence-electron chi connectivity index (χ2n) is 6.28. The van der Waals surface area contributed by atoms with Gasteiger partial charge in [-0.25, -0.2) is 0 Å². The zero-order valence-electron chi connectivity index (χ0n) is 14.9.